The fourth-order valence-corrected chi connectivity index (χ4v) is 2.65. The van der Waals surface area contributed by atoms with Crippen molar-refractivity contribution in [3.8, 4) is 0 Å². The quantitative estimate of drug-likeness (QED) is 0.794. The molecule has 0 spiro atoms. The zero-order valence-electron chi connectivity index (χ0n) is 8.51. The molecule has 86 valence electrons. The number of fused-ring (bicyclic) bond motifs is 1. The van der Waals surface area contributed by atoms with E-state index in [-0.39, 0.29) is 5.41 Å². The number of rotatable bonds is 1. The van der Waals surface area contributed by atoms with Crippen molar-refractivity contribution in [2.24, 2.45) is 5.92 Å². The van der Waals surface area contributed by atoms with Crippen LogP contribution in [0.2, 0.25) is 0 Å². The zero-order chi connectivity index (χ0) is 11.4. The number of hydrogen-bond acceptors (Lipinski definition) is 2. The Morgan fingerprint density at radius 2 is 2.19 bits per heavy atom. The molecule has 1 saturated heterocycles. The lowest BCUT2D eigenvalue weighted by molar-refractivity contribution is -0.141. The minimum absolute atomic E-state index is 0.0805. The smallest absolute Gasteiger partial charge is 0.316 e. The van der Waals surface area contributed by atoms with Crippen LogP contribution >= 0.6 is 0 Å². The molecule has 16 heavy (non-hydrogen) atoms. The second-order valence-electron chi connectivity index (χ2n) is 4.62. The normalized spacial score (nSPS) is 32.6. The highest BCUT2D eigenvalue weighted by molar-refractivity contribution is 5.36. The van der Waals surface area contributed by atoms with E-state index in [0.29, 0.717) is 5.92 Å². The highest BCUT2D eigenvalue weighted by Gasteiger charge is 2.58. The molecule has 1 aliphatic carbocycles. The van der Waals surface area contributed by atoms with E-state index in [2.05, 4.69) is 10.3 Å². The number of piperidine rings is 1. The molecule has 2 heterocycles. The largest absolute Gasteiger partial charge is 0.433 e. The molecule has 2 fully saturated rings. The molecule has 1 unspecified atom stereocenters. The van der Waals surface area contributed by atoms with Crippen LogP contribution in [0.5, 0.6) is 0 Å². The number of halogens is 3. The van der Waals surface area contributed by atoms with Crippen LogP contribution in [0.15, 0.2) is 18.3 Å². The molecule has 0 radical (unpaired) electrons. The molecule has 1 aromatic rings. The van der Waals surface area contributed by atoms with Crippen LogP contribution in [0.3, 0.4) is 0 Å². The van der Waals surface area contributed by atoms with Crippen molar-refractivity contribution < 1.29 is 13.2 Å². The van der Waals surface area contributed by atoms with E-state index in [1.807, 2.05) is 0 Å². The maximum atomic E-state index is 12.3. The van der Waals surface area contributed by atoms with Gasteiger partial charge in [-0.1, -0.05) is 6.07 Å². The molecule has 5 heteroatoms. The lowest BCUT2D eigenvalue weighted by Gasteiger charge is -2.13. The minimum Gasteiger partial charge on any atom is -0.316 e. The van der Waals surface area contributed by atoms with Gasteiger partial charge in [-0.3, -0.25) is 4.98 Å². The summed E-state index contributed by atoms with van der Waals surface area (Å²) >= 11 is 0. The van der Waals surface area contributed by atoms with E-state index in [9.17, 15) is 13.2 Å². The molecule has 1 saturated carbocycles. The molecule has 1 N–H and O–H groups in total. The fraction of sp³-hybridized carbons (Fsp3) is 0.545. The van der Waals surface area contributed by atoms with E-state index in [4.69, 9.17) is 0 Å². The lowest BCUT2D eigenvalue weighted by Crippen LogP contribution is -2.19. The summed E-state index contributed by atoms with van der Waals surface area (Å²) < 4.78 is 37.0. The predicted octanol–water partition coefficient (Wildman–Crippen LogP) is 1.96. The predicted molar refractivity (Wildman–Crippen MR) is 51.9 cm³/mol. The van der Waals surface area contributed by atoms with Gasteiger partial charge in [-0.15, -0.1) is 0 Å². The van der Waals surface area contributed by atoms with Gasteiger partial charge >= 0.3 is 6.18 Å². The first-order chi connectivity index (χ1) is 7.52. The number of alkyl halides is 3. The molecule has 1 aliphatic heterocycles. The van der Waals surface area contributed by atoms with Crippen molar-refractivity contribution in [1.29, 1.82) is 0 Å². The molecule has 1 aromatic heterocycles. The van der Waals surface area contributed by atoms with Crippen molar-refractivity contribution in [3.63, 3.8) is 0 Å². The van der Waals surface area contributed by atoms with Crippen molar-refractivity contribution in [3.05, 3.63) is 29.6 Å². The van der Waals surface area contributed by atoms with Gasteiger partial charge in [-0.05, 0) is 30.5 Å². The first kappa shape index (κ1) is 10.1. The summed E-state index contributed by atoms with van der Waals surface area (Å²) in [4.78, 5) is 3.51. The second kappa shape index (κ2) is 2.97. The van der Waals surface area contributed by atoms with E-state index < -0.39 is 11.9 Å². The standard InChI is InChI=1S/C11H11F3N2/c12-11(13,14)9-2-1-7(5-16-9)10-3-8(10)4-15-6-10/h1-2,5,8,15H,3-4,6H2/t8-,10?/m1/s1. The first-order valence-electron chi connectivity index (χ1n) is 5.27. The second-order valence-corrected chi connectivity index (χ2v) is 4.62. The van der Waals surface area contributed by atoms with Gasteiger partial charge in [0, 0.05) is 18.2 Å². The molecule has 0 bridgehead atoms. The average Bonchev–Trinajstić information content (AvgIpc) is 2.81. The Bertz CT molecular complexity index is 412. The molecule has 3 rings (SSSR count). The fourth-order valence-electron chi connectivity index (χ4n) is 2.65. The third-order valence-electron chi connectivity index (χ3n) is 3.69. The van der Waals surface area contributed by atoms with Crippen molar-refractivity contribution in [2.75, 3.05) is 13.1 Å². The Morgan fingerprint density at radius 3 is 2.62 bits per heavy atom. The summed E-state index contributed by atoms with van der Waals surface area (Å²) in [6.45, 7) is 1.84. The van der Waals surface area contributed by atoms with Gasteiger partial charge in [0.15, 0.2) is 0 Å². The third kappa shape index (κ3) is 1.34. The molecule has 2 aliphatic rings. The minimum atomic E-state index is -4.34. The van der Waals surface area contributed by atoms with Crippen LogP contribution in [-0.4, -0.2) is 18.1 Å². The van der Waals surface area contributed by atoms with Crippen LogP contribution in [0.4, 0.5) is 13.2 Å². The van der Waals surface area contributed by atoms with Crippen LogP contribution in [0, 0.1) is 5.92 Å². The van der Waals surface area contributed by atoms with Crippen LogP contribution < -0.4 is 5.32 Å². The van der Waals surface area contributed by atoms with Gasteiger partial charge in [-0.25, -0.2) is 0 Å². The Kier molecular flexibility index (Phi) is 1.87. The number of nitrogens with zero attached hydrogens (tertiary/aromatic N) is 1. The maximum absolute atomic E-state index is 12.3. The summed E-state index contributed by atoms with van der Waals surface area (Å²) in [5, 5.41) is 3.26. The van der Waals surface area contributed by atoms with Crippen LogP contribution in [0.25, 0.3) is 0 Å². The Labute approximate surface area is 90.9 Å². The SMILES string of the molecule is FC(F)(F)c1ccc(C23CNC[C@H]2C3)cn1. The Morgan fingerprint density at radius 1 is 1.38 bits per heavy atom. The Hall–Kier alpha value is -1.10. The summed E-state index contributed by atoms with van der Waals surface area (Å²) in [6.07, 6.45) is -1.88. The van der Waals surface area contributed by atoms with Crippen LogP contribution in [0.1, 0.15) is 17.7 Å². The lowest BCUT2D eigenvalue weighted by atomic mass is 9.97. The van der Waals surface area contributed by atoms with Gasteiger partial charge in [0.05, 0.1) is 0 Å². The monoisotopic (exact) mass is 228 g/mol. The van der Waals surface area contributed by atoms with Gasteiger partial charge in [0.2, 0.25) is 0 Å². The van der Waals surface area contributed by atoms with E-state index in [0.717, 1.165) is 31.1 Å². The van der Waals surface area contributed by atoms with Crippen LogP contribution in [-0.2, 0) is 11.6 Å². The molecular formula is C11H11F3N2. The number of hydrogen-bond donors (Lipinski definition) is 1. The van der Waals surface area contributed by atoms with Gasteiger partial charge in [0.1, 0.15) is 5.69 Å². The molecule has 0 aromatic carbocycles. The van der Waals surface area contributed by atoms with Gasteiger partial charge in [0.25, 0.3) is 0 Å². The Balaban J connectivity index is 1.89. The van der Waals surface area contributed by atoms with E-state index in [1.165, 1.54) is 6.20 Å². The molecule has 2 atom stereocenters. The van der Waals surface area contributed by atoms with E-state index in [1.54, 1.807) is 6.07 Å². The average molecular weight is 228 g/mol. The maximum Gasteiger partial charge on any atom is 0.433 e. The topological polar surface area (TPSA) is 24.9 Å². The number of aromatic nitrogens is 1. The zero-order valence-corrected chi connectivity index (χ0v) is 8.51. The first-order valence-corrected chi connectivity index (χ1v) is 5.27. The highest BCUT2D eigenvalue weighted by Crippen LogP contribution is 2.56. The third-order valence-corrected chi connectivity index (χ3v) is 3.69. The summed E-state index contributed by atoms with van der Waals surface area (Å²) in [6, 6.07) is 2.65. The number of nitrogens with one attached hydrogen (secondary N) is 1. The van der Waals surface area contributed by atoms with Crippen molar-refractivity contribution >= 4 is 0 Å². The summed E-state index contributed by atoms with van der Waals surface area (Å²) in [5.74, 6) is 0.589. The number of pyridine rings is 1. The van der Waals surface area contributed by atoms with Crippen molar-refractivity contribution in [2.45, 2.75) is 18.0 Å². The van der Waals surface area contributed by atoms with Gasteiger partial charge < -0.3 is 5.32 Å². The molecule has 2 nitrogen and oxygen atoms in total. The van der Waals surface area contributed by atoms with E-state index >= 15 is 0 Å². The summed E-state index contributed by atoms with van der Waals surface area (Å²) in [7, 11) is 0. The molecule has 0 amide bonds. The van der Waals surface area contributed by atoms with Crippen molar-refractivity contribution in [1.82, 2.24) is 10.3 Å². The van der Waals surface area contributed by atoms with Gasteiger partial charge in [-0.2, -0.15) is 13.2 Å². The molecular weight excluding hydrogens is 217 g/mol. The highest BCUT2D eigenvalue weighted by atomic mass is 19.4. The summed E-state index contributed by atoms with van der Waals surface area (Å²) in [5.41, 5.74) is 0.211.